The number of hydrogen-bond donors (Lipinski definition) is 1. The average molecular weight is 244 g/mol. The lowest BCUT2D eigenvalue weighted by Crippen LogP contribution is -2.21. The Morgan fingerprint density at radius 2 is 2.20 bits per heavy atom. The van der Waals surface area contributed by atoms with Crippen LogP contribution < -0.4 is 5.32 Å². The topological polar surface area (TPSA) is 24.9 Å². The summed E-state index contributed by atoms with van der Waals surface area (Å²) in [6, 6.07) is 0.439. The largest absolute Gasteiger partial charge is 0.309 e. The predicted molar refractivity (Wildman–Crippen MR) is 71.0 cm³/mol. The van der Waals surface area contributed by atoms with Gasteiger partial charge in [0.2, 0.25) is 0 Å². The van der Waals surface area contributed by atoms with Gasteiger partial charge in [-0.05, 0) is 26.5 Å². The summed E-state index contributed by atoms with van der Waals surface area (Å²) in [6.07, 6.45) is 0. The van der Waals surface area contributed by atoms with Crippen LogP contribution in [0.5, 0.6) is 0 Å². The average Bonchev–Trinajstić information content (AvgIpc) is 2.52. The third kappa shape index (κ3) is 4.13. The molecule has 1 atom stereocenters. The highest BCUT2D eigenvalue weighted by Crippen LogP contribution is 2.24. The molecule has 0 saturated heterocycles. The van der Waals surface area contributed by atoms with Crippen LogP contribution in [0.1, 0.15) is 35.5 Å². The van der Waals surface area contributed by atoms with Crippen molar-refractivity contribution in [2.45, 2.75) is 33.7 Å². The van der Waals surface area contributed by atoms with Gasteiger partial charge in [0.15, 0.2) is 0 Å². The quantitative estimate of drug-likeness (QED) is 0.778. The van der Waals surface area contributed by atoms with E-state index in [1.165, 1.54) is 27.1 Å². The van der Waals surface area contributed by atoms with Crippen molar-refractivity contribution in [2.75, 3.05) is 18.1 Å². The summed E-state index contributed by atoms with van der Waals surface area (Å²) >= 11 is 3.79. The lowest BCUT2D eigenvalue weighted by atomic mass is 10.2. The molecule has 0 fully saturated rings. The zero-order valence-corrected chi connectivity index (χ0v) is 11.6. The Morgan fingerprint density at radius 3 is 2.73 bits per heavy atom. The monoisotopic (exact) mass is 244 g/mol. The van der Waals surface area contributed by atoms with Crippen molar-refractivity contribution in [2.24, 2.45) is 0 Å². The lowest BCUT2D eigenvalue weighted by Gasteiger charge is -2.12. The molecule has 0 aliphatic heterocycles. The van der Waals surface area contributed by atoms with Crippen molar-refractivity contribution in [3.63, 3.8) is 0 Å². The first-order valence-electron chi connectivity index (χ1n) is 5.40. The van der Waals surface area contributed by atoms with Crippen LogP contribution in [0.3, 0.4) is 0 Å². The molecule has 4 heteroatoms. The molecular weight excluding hydrogens is 224 g/mol. The van der Waals surface area contributed by atoms with Gasteiger partial charge in [-0.1, -0.05) is 6.92 Å². The first kappa shape index (κ1) is 13.0. The number of hydrogen-bond acceptors (Lipinski definition) is 4. The second kappa shape index (κ2) is 6.51. The van der Waals surface area contributed by atoms with Gasteiger partial charge in [0.1, 0.15) is 0 Å². The summed E-state index contributed by atoms with van der Waals surface area (Å²) in [5.41, 5.74) is 1.18. The van der Waals surface area contributed by atoms with Crippen LogP contribution in [0.25, 0.3) is 0 Å². The normalized spacial score (nSPS) is 13.1. The minimum atomic E-state index is 0.439. The SMILES string of the molecule is CCSCCNC(C)c1sc(C)nc1C. The molecule has 15 heavy (non-hydrogen) atoms. The van der Waals surface area contributed by atoms with Crippen LogP contribution in [-0.4, -0.2) is 23.0 Å². The van der Waals surface area contributed by atoms with Gasteiger partial charge in [-0.3, -0.25) is 0 Å². The van der Waals surface area contributed by atoms with Crippen LogP contribution in [0.15, 0.2) is 0 Å². The Bertz CT molecular complexity index is 297. The Morgan fingerprint density at radius 1 is 1.47 bits per heavy atom. The van der Waals surface area contributed by atoms with Gasteiger partial charge in [-0.15, -0.1) is 11.3 Å². The van der Waals surface area contributed by atoms with Crippen LogP contribution >= 0.6 is 23.1 Å². The number of rotatable bonds is 6. The first-order valence-corrected chi connectivity index (χ1v) is 7.37. The highest BCUT2D eigenvalue weighted by Gasteiger charge is 2.11. The van der Waals surface area contributed by atoms with Gasteiger partial charge in [-0.2, -0.15) is 11.8 Å². The van der Waals surface area contributed by atoms with Gasteiger partial charge in [0.25, 0.3) is 0 Å². The highest BCUT2D eigenvalue weighted by atomic mass is 32.2. The number of thioether (sulfide) groups is 1. The number of thiazole rings is 1. The Labute approximate surface area is 101 Å². The summed E-state index contributed by atoms with van der Waals surface area (Å²) in [7, 11) is 0. The Hall–Kier alpha value is -0.0600. The van der Waals surface area contributed by atoms with Crippen LogP contribution in [0.4, 0.5) is 0 Å². The predicted octanol–water partition coefficient (Wildman–Crippen LogP) is 3.16. The van der Waals surface area contributed by atoms with Crippen LogP contribution in [-0.2, 0) is 0 Å². The van der Waals surface area contributed by atoms with Crippen LogP contribution in [0, 0.1) is 13.8 Å². The lowest BCUT2D eigenvalue weighted by molar-refractivity contribution is 0.606. The second-order valence-electron chi connectivity index (χ2n) is 3.56. The molecule has 0 bridgehead atoms. The minimum absolute atomic E-state index is 0.439. The maximum absolute atomic E-state index is 4.45. The molecule has 0 aliphatic rings. The molecule has 1 aromatic heterocycles. The van der Waals surface area contributed by atoms with Gasteiger partial charge < -0.3 is 5.32 Å². The van der Waals surface area contributed by atoms with E-state index < -0.39 is 0 Å². The summed E-state index contributed by atoms with van der Waals surface area (Å²) < 4.78 is 0. The van der Waals surface area contributed by atoms with Crippen LogP contribution in [0.2, 0.25) is 0 Å². The van der Waals surface area contributed by atoms with Crippen molar-refractivity contribution in [3.8, 4) is 0 Å². The molecule has 86 valence electrons. The summed E-state index contributed by atoms with van der Waals surface area (Å²) in [6.45, 7) is 9.66. The highest BCUT2D eigenvalue weighted by molar-refractivity contribution is 7.99. The van der Waals surface area contributed by atoms with E-state index in [4.69, 9.17) is 0 Å². The van der Waals surface area contributed by atoms with Crippen molar-refractivity contribution in [1.82, 2.24) is 10.3 Å². The fourth-order valence-electron chi connectivity index (χ4n) is 1.53. The molecule has 0 aromatic carbocycles. The van der Waals surface area contributed by atoms with E-state index >= 15 is 0 Å². The van der Waals surface area contributed by atoms with E-state index in [-0.39, 0.29) is 0 Å². The molecule has 1 unspecified atom stereocenters. The summed E-state index contributed by atoms with van der Waals surface area (Å²) in [5, 5.41) is 4.70. The van der Waals surface area contributed by atoms with E-state index in [1.807, 2.05) is 11.8 Å². The van der Waals surface area contributed by atoms with Gasteiger partial charge in [0, 0.05) is 23.2 Å². The maximum atomic E-state index is 4.45. The van der Waals surface area contributed by atoms with Crippen molar-refractivity contribution >= 4 is 23.1 Å². The second-order valence-corrected chi connectivity index (χ2v) is 6.18. The molecule has 0 amide bonds. The standard InChI is InChI=1S/C11H20N2S2/c1-5-14-7-6-12-8(2)11-9(3)13-10(4)15-11/h8,12H,5-7H2,1-4H3. The maximum Gasteiger partial charge on any atom is 0.0900 e. The molecule has 0 spiro atoms. The van der Waals surface area contributed by atoms with E-state index in [1.54, 1.807) is 11.3 Å². The molecule has 0 saturated carbocycles. The van der Waals surface area contributed by atoms with E-state index in [9.17, 15) is 0 Å². The summed E-state index contributed by atoms with van der Waals surface area (Å²) in [4.78, 5) is 5.83. The minimum Gasteiger partial charge on any atom is -0.309 e. The molecule has 1 aromatic rings. The smallest absolute Gasteiger partial charge is 0.0900 e. The number of nitrogens with zero attached hydrogens (tertiary/aromatic N) is 1. The fraction of sp³-hybridized carbons (Fsp3) is 0.727. The zero-order chi connectivity index (χ0) is 11.3. The van der Waals surface area contributed by atoms with Gasteiger partial charge in [0.05, 0.1) is 10.7 Å². The first-order chi connectivity index (χ1) is 7.15. The van der Waals surface area contributed by atoms with E-state index in [2.05, 4.69) is 38.0 Å². The Kier molecular flexibility index (Phi) is 5.64. The van der Waals surface area contributed by atoms with E-state index in [0.29, 0.717) is 6.04 Å². The number of aromatic nitrogens is 1. The molecular formula is C11H20N2S2. The van der Waals surface area contributed by atoms with E-state index in [0.717, 1.165) is 6.54 Å². The number of aryl methyl sites for hydroxylation is 2. The number of nitrogens with one attached hydrogen (secondary N) is 1. The molecule has 1 heterocycles. The molecule has 1 N–H and O–H groups in total. The van der Waals surface area contributed by atoms with Gasteiger partial charge in [-0.25, -0.2) is 4.98 Å². The molecule has 0 radical (unpaired) electrons. The third-order valence-electron chi connectivity index (χ3n) is 2.23. The molecule has 2 nitrogen and oxygen atoms in total. The molecule has 1 rings (SSSR count). The van der Waals surface area contributed by atoms with Crippen molar-refractivity contribution in [1.29, 1.82) is 0 Å². The zero-order valence-electron chi connectivity index (χ0n) is 9.96. The van der Waals surface area contributed by atoms with Crippen molar-refractivity contribution < 1.29 is 0 Å². The third-order valence-corrected chi connectivity index (χ3v) is 4.39. The Balaban J connectivity index is 2.39. The van der Waals surface area contributed by atoms with Gasteiger partial charge >= 0.3 is 0 Å². The fourth-order valence-corrected chi connectivity index (χ4v) is 3.04. The molecule has 0 aliphatic carbocycles. The summed E-state index contributed by atoms with van der Waals surface area (Å²) in [5.74, 6) is 2.40. The van der Waals surface area contributed by atoms with Crippen molar-refractivity contribution in [3.05, 3.63) is 15.6 Å².